The summed E-state index contributed by atoms with van der Waals surface area (Å²) in [6, 6.07) is 7.05. The molecule has 1 aliphatic rings. The van der Waals surface area contributed by atoms with Gasteiger partial charge < -0.3 is 19.6 Å². The lowest BCUT2D eigenvalue weighted by Gasteiger charge is -2.24. The first-order valence-electron chi connectivity index (χ1n) is 11.7. The van der Waals surface area contributed by atoms with E-state index in [1.165, 1.54) is 10.4 Å². The molecule has 34 heavy (non-hydrogen) atoms. The molecular formula is C25H32ClN3O4S. The van der Waals surface area contributed by atoms with Crippen LogP contribution in [0.5, 0.6) is 5.75 Å². The number of aliphatic hydroxyl groups is 1. The summed E-state index contributed by atoms with van der Waals surface area (Å²) in [5.41, 5.74) is 1.13. The van der Waals surface area contributed by atoms with Gasteiger partial charge in [-0.15, -0.1) is 11.3 Å². The van der Waals surface area contributed by atoms with E-state index in [1.807, 2.05) is 0 Å². The Bertz CT molecular complexity index is 1150. The van der Waals surface area contributed by atoms with E-state index in [1.54, 1.807) is 42.7 Å². The molecule has 0 radical (unpaired) electrons. The Kier molecular flexibility index (Phi) is 8.60. The molecule has 0 unspecified atom stereocenters. The standard InChI is InChI=1S/C25H32ClN3O4S/c1-16-4-9-20-21(12-16)34-25-23(20)24(31)27-22(28-25)14-29(10-3-11-32-2)13-18(30)15-33-19-7-5-17(26)6-8-19/h5-8,16,18,30H,3-4,9-15H2,1-2H3,(H,27,28,31)/t16-,18+/m1/s1. The first kappa shape index (κ1) is 25.1. The third-order valence-corrected chi connectivity index (χ3v) is 7.54. The molecule has 1 aliphatic carbocycles. The zero-order valence-corrected chi connectivity index (χ0v) is 21.3. The number of hydrogen-bond donors (Lipinski definition) is 2. The fraction of sp³-hybridized carbons (Fsp3) is 0.520. The molecule has 0 fully saturated rings. The molecule has 7 nitrogen and oxygen atoms in total. The maximum Gasteiger partial charge on any atom is 0.259 e. The second-order valence-corrected chi connectivity index (χ2v) is 10.6. The number of H-pyrrole nitrogens is 1. The highest BCUT2D eigenvalue weighted by Crippen LogP contribution is 2.35. The summed E-state index contributed by atoms with van der Waals surface area (Å²) in [5.74, 6) is 1.92. The molecule has 0 spiro atoms. The van der Waals surface area contributed by atoms with Gasteiger partial charge in [0.1, 0.15) is 29.1 Å². The third kappa shape index (κ3) is 6.37. The second-order valence-electron chi connectivity index (χ2n) is 9.04. The fourth-order valence-corrected chi connectivity index (χ4v) is 5.95. The summed E-state index contributed by atoms with van der Waals surface area (Å²) < 4.78 is 10.9. The molecule has 4 rings (SSSR count). The molecule has 0 saturated heterocycles. The molecule has 2 heterocycles. The van der Waals surface area contributed by atoms with Gasteiger partial charge in [-0.2, -0.15) is 0 Å². The highest BCUT2D eigenvalue weighted by molar-refractivity contribution is 7.18. The topological polar surface area (TPSA) is 87.7 Å². The molecule has 9 heteroatoms. The van der Waals surface area contributed by atoms with Crippen molar-refractivity contribution in [3.05, 3.63) is 55.9 Å². The van der Waals surface area contributed by atoms with E-state index < -0.39 is 6.10 Å². The smallest absolute Gasteiger partial charge is 0.259 e. The Balaban J connectivity index is 1.45. The number of fused-ring (bicyclic) bond motifs is 3. The van der Waals surface area contributed by atoms with Crippen LogP contribution in [-0.4, -0.2) is 59.5 Å². The van der Waals surface area contributed by atoms with Gasteiger partial charge in [-0.1, -0.05) is 18.5 Å². The largest absolute Gasteiger partial charge is 0.491 e. The average molecular weight is 506 g/mol. The predicted octanol–water partition coefficient (Wildman–Crippen LogP) is 4.04. The molecule has 2 atom stereocenters. The lowest BCUT2D eigenvalue weighted by Crippen LogP contribution is -2.37. The Hall–Kier alpha value is -1.97. The number of hydrogen-bond acceptors (Lipinski definition) is 7. The van der Waals surface area contributed by atoms with E-state index in [9.17, 15) is 9.90 Å². The van der Waals surface area contributed by atoms with Crippen LogP contribution in [0, 0.1) is 5.92 Å². The predicted molar refractivity (Wildman–Crippen MR) is 136 cm³/mol. The molecule has 0 saturated carbocycles. The van der Waals surface area contributed by atoms with Crippen LogP contribution < -0.4 is 10.3 Å². The highest BCUT2D eigenvalue weighted by atomic mass is 35.5. The van der Waals surface area contributed by atoms with E-state index in [-0.39, 0.29) is 12.2 Å². The number of thiophene rings is 1. The van der Waals surface area contributed by atoms with Crippen LogP contribution in [-0.2, 0) is 24.1 Å². The number of aliphatic hydroxyl groups excluding tert-OH is 1. The molecule has 0 aliphatic heterocycles. The van der Waals surface area contributed by atoms with Crippen molar-refractivity contribution in [2.75, 3.05) is 33.4 Å². The maximum atomic E-state index is 13.0. The van der Waals surface area contributed by atoms with Crippen molar-refractivity contribution in [2.45, 2.75) is 45.3 Å². The van der Waals surface area contributed by atoms with Gasteiger partial charge in [0.25, 0.3) is 5.56 Å². The van der Waals surface area contributed by atoms with E-state index in [4.69, 9.17) is 26.1 Å². The summed E-state index contributed by atoms with van der Waals surface area (Å²) in [5, 5.41) is 12.0. The van der Waals surface area contributed by atoms with Crippen LogP contribution in [0.1, 0.15) is 36.0 Å². The van der Waals surface area contributed by atoms with Gasteiger partial charge >= 0.3 is 0 Å². The van der Waals surface area contributed by atoms with E-state index in [2.05, 4.69) is 16.8 Å². The van der Waals surface area contributed by atoms with E-state index in [0.29, 0.717) is 48.8 Å². The zero-order chi connectivity index (χ0) is 24.1. The van der Waals surface area contributed by atoms with Crippen LogP contribution >= 0.6 is 22.9 Å². The van der Waals surface area contributed by atoms with E-state index in [0.717, 1.165) is 35.9 Å². The molecule has 0 amide bonds. The lowest BCUT2D eigenvalue weighted by atomic mass is 9.89. The van der Waals surface area contributed by atoms with Crippen molar-refractivity contribution >= 4 is 33.2 Å². The van der Waals surface area contributed by atoms with Gasteiger partial charge in [-0.3, -0.25) is 9.69 Å². The van der Waals surface area contributed by atoms with E-state index >= 15 is 0 Å². The molecule has 1 aromatic carbocycles. The molecule has 2 aromatic heterocycles. The van der Waals surface area contributed by atoms with Gasteiger partial charge in [0.15, 0.2) is 0 Å². The number of nitrogens with one attached hydrogen (secondary N) is 1. The highest BCUT2D eigenvalue weighted by Gasteiger charge is 2.23. The molecular weight excluding hydrogens is 474 g/mol. The van der Waals surface area contributed by atoms with Crippen LogP contribution in [0.15, 0.2) is 29.1 Å². The van der Waals surface area contributed by atoms with Crippen molar-refractivity contribution in [3.8, 4) is 5.75 Å². The van der Waals surface area contributed by atoms with Gasteiger partial charge in [0.05, 0.1) is 11.9 Å². The number of nitrogens with zero attached hydrogens (tertiary/aromatic N) is 2. The minimum Gasteiger partial charge on any atom is -0.491 e. The summed E-state index contributed by atoms with van der Waals surface area (Å²) >= 11 is 7.56. The zero-order valence-electron chi connectivity index (χ0n) is 19.7. The lowest BCUT2D eigenvalue weighted by molar-refractivity contribution is 0.0609. The first-order chi connectivity index (χ1) is 16.4. The van der Waals surface area contributed by atoms with Crippen LogP contribution in [0.25, 0.3) is 10.2 Å². The molecule has 2 N–H and O–H groups in total. The number of ether oxygens (including phenoxy) is 2. The monoisotopic (exact) mass is 505 g/mol. The SMILES string of the molecule is COCCCN(Cc1nc2sc3c(c2c(=O)[nH]1)CC[C@@H](C)C3)C[C@H](O)COc1ccc(Cl)cc1. The Morgan fingerprint density at radius 2 is 2.15 bits per heavy atom. The number of aryl methyl sites for hydroxylation is 1. The second kappa shape index (κ2) is 11.6. The number of benzene rings is 1. The number of halogens is 1. The Labute approximate surface area is 208 Å². The summed E-state index contributed by atoms with van der Waals surface area (Å²) in [6.45, 7) is 4.56. The summed E-state index contributed by atoms with van der Waals surface area (Å²) in [7, 11) is 1.67. The van der Waals surface area contributed by atoms with Crippen molar-refractivity contribution in [1.29, 1.82) is 0 Å². The number of aromatic nitrogens is 2. The third-order valence-electron chi connectivity index (χ3n) is 6.14. The maximum absolute atomic E-state index is 13.0. The minimum absolute atomic E-state index is 0.0597. The quantitative estimate of drug-likeness (QED) is 0.382. The molecule has 0 bridgehead atoms. The normalized spacial score (nSPS) is 16.7. The first-order valence-corrected chi connectivity index (χ1v) is 12.9. The van der Waals surface area contributed by atoms with Crippen molar-refractivity contribution in [1.82, 2.24) is 14.9 Å². The average Bonchev–Trinajstić information content (AvgIpc) is 3.16. The van der Waals surface area contributed by atoms with Crippen molar-refractivity contribution in [3.63, 3.8) is 0 Å². The van der Waals surface area contributed by atoms with Crippen molar-refractivity contribution < 1.29 is 14.6 Å². The fourth-order valence-electron chi connectivity index (χ4n) is 4.42. The number of rotatable bonds is 11. The summed E-state index contributed by atoms with van der Waals surface area (Å²) in [4.78, 5) is 25.0. The Morgan fingerprint density at radius 3 is 2.91 bits per heavy atom. The van der Waals surface area contributed by atoms with Gasteiger partial charge in [0.2, 0.25) is 0 Å². The molecule has 184 valence electrons. The minimum atomic E-state index is -0.704. The summed E-state index contributed by atoms with van der Waals surface area (Å²) in [6.07, 6.45) is 3.18. The van der Waals surface area contributed by atoms with Crippen molar-refractivity contribution in [2.24, 2.45) is 5.92 Å². The number of methoxy groups -OCH3 is 1. The molecule has 3 aromatic rings. The van der Waals surface area contributed by atoms with Crippen LogP contribution in [0.3, 0.4) is 0 Å². The Morgan fingerprint density at radius 1 is 1.35 bits per heavy atom. The van der Waals surface area contributed by atoms with Crippen LogP contribution in [0.2, 0.25) is 5.02 Å². The number of aromatic amines is 1. The van der Waals surface area contributed by atoms with Crippen LogP contribution in [0.4, 0.5) is 0 Å². The van der Waals surface area contributed by atoms with Gasteiger partial charge in [0, 0.05) is 36.7 Å². The van der Waals surface area contributed by atoms with Gasteiger partial charge in [-0.05, 0) is 61.4 Å². The van der Waals surface area contributed by atoms with Gasteiger partial charge in [-0.25, -0.2) is 4.98 Å².